The molecule has 1 amide bonds. The van der Waals surface area contributed by atoms with Gasteiger partial charge >= 0.3 is 0 Å². The number of carbonyl (C=O) groups is 1. The van der Waals surface area contributed by atoms with E-state index in [1.807, 2.05) is 37.3 Å². The molecule has 0 unspecified atom stereocenters. The zero-order valence-electron chi connectivity index (χ0n) is 13.3. The Labute approximate surface area is 136 Å². The van der Waals surface area contributed by atoms with E-state index in [1.54, 1.807) is 6.08 Å². The monoisotopic (exact) mass is 314 g/mol. The number of rotatable bonds is 8. The van der Waals surface area contributed by atoms with Crippen LogP contribution in [0.1, 0.15) is 25.3 Å². The number of ether oxygens (including phenoxy) is 1. The number of nitrogens with zero attached hydrogens (tertiary/aromatic N) is 1. The van der Waals surface area contributed by atoms with E-state index >= 15 is 0 Å². The summed E-state index contributed by atoms with van der Waals surface area (Å²) < 4.78 is 5.70. The van der Waals surface area contributed by atoms with Gasteiger partial charge in [-0.3, -0.25) is 4.79 Å². The second-order valence-corrected chi connectivity index (χ2v) is 5.13. The molecule has 0 bridgehead atoms. The van der Waals surface area contributed by atoms with Crippen LogP contribution >= 0.6 is 0 Å². The highest BCUT2D eigenvalue weighted by Crippen LogP contribution is 2.23. The van der Waals surface area contributed by atoms with Crippen LogP contribution in [0.2, 0.25) is 0 Å². The number of pyridine rings is 1. The van der Waals surface area contributed by atoms with E-state index < -0.39 is 0 Å². The Balaban J connectivity index is 2.20. The lowest BCUT2D eigenvalue weighted by Gasteiger charge is -2.09. The number of amides is 1. The maximum absolute atomic E-state index is 11.7. The molecule has 0 atom stereocenters. The Morgan fingerprint density at radius 1 is 1.39 bits per heavy atom. The molecule has 0 radical (unpaired) electrons. The number of aliphatic hydroxyl groups is 1. The molecule has 0 aliphatic carbocycles. The Bertz CT molecular complexity index is 683. The van der Waals surface area contributed by atoms with Crippen molar-refractivity contribution >= 4 is 22.9 Å². The van der Waals surface area contributed by atoms with Crippen LogP contribution in [-0.2, 0) is 4.79 Å². The number of nitrogens with one attached hydrogen (secondary N) is 1. The molecular formula is C18H22N2O3. The van der Waals surface area contributed by atoms with Crippen molar-refractivity contribution in [3.8, 4) is 5.88 Å². The van der Waals surface area contributed by atoms with Crippen molar-refractivity contribution in [1.29, 1.82) is 0 Å². The molecular weight excluding hydrogens is 292 g/mol. The number of aromatic nitrogens is 1. The fourth-order valence-corrected chi connectivity index (χ4v) is 2.06. The molecule has 0 saturated carbocycles. The fraction of sp³-hybridized carbons (Fsp3) is 0.333. The predicted molar refractivity (Wildman–Crippen MR) is 91.3 cm³/mol. The normalized spacial score (nSPS) is 11.0. The van der Waals surface area contributed by atoms with E-state index in [-0.39, 0.29) is 12.5 Å². The van der Waals surface area contributed by atoms with Crippen molar-refractivity contribution in [2.45, 2.75) is 19.8 Å². The second-order valence-electron chi connectivity index (χ2n) is 5.13. The second kappa shape index (κ2) is 8.90. The molecule has 23 heavy (non-hydrogen) atoms. The standard InChI is InChI=1S/C18H22N2O3/c1-2-12-23-18-15(8-9-17(22)19-10-5-11-21)13-14-6-3-4-7-16(14)20-18/h3-4,6-9,13,21H,2,5,10-12H2,1H3,(H,19,22)/b9-8+. The van der Waals surface area contributed by atoms with Crippen LogP contribution in [0.15, 0.2) is 36.4 Å². The first-order valence-corrected chi connectivity index (χ1v) is 7.84. The highest BCUT2D eigenvalue weighted by Gasteiger charge is 2.06. The molecule has 2 rings (SSSR count). The Morgan fingerprint density at radius 2 is 2.22 bits per heavy atom. The molecule has 0 aliphatic heterocycles. The number of fused-ring (bicyclic) bond motifs is 1. The lowest BCUT2D eigenvalue weighted by atomic mass is 10.1. The summed E-state index contributed by atoms with van der Waals surface area (Å²) in [5.74, 6) is 0.331. The molecule has 1 aromatic carbocycles. The lowest BCUT2D eigenvalue weighted by Crippen LogP contribution is -2.22. The molecule has 0 aliphatic rings. The zero-order chi connectivity index (χ0) is 16.5. The minimum atomic E-state index is -0.201. The van der Waals surface area contributed by atoms with Crippen LogP contribution in [0.25, 0.3) is 17.0 Å². The smallest absolute Gasteiger partial charge is 0.244 e. The van der Waals surface area contributed by atoms with Crippen LogP contribution < -0.4 is 10.1 Å². The molecule has 5 heteroatoms. The summed E-state index contributed by atoms with van der Waals surface area (Å²) >= 11 is 0. The van der Waals surface area contributed by atoms with Gasteiger partial charge in [-0.15, -0.1) is 0 Å². The van der Waals surface area contributed by atoms with Crippen molar-refractivity contribution in [1.82, 2.24) is 10.3 Å². The summed E-state index contributed by atoms with van der Waals surface area (Å²) in [7, 11) is 0. The Morgan fingerprint density at radius 3 is 3.00 bits per heavy atom. The molecule has 0 saturated heterocycles. The maximum atomic E-state index is 11.7. The van der Waals surface area contributed by atoms with E-state index in [9.17, 15) is 4.79 Å². The number of carbonyl (C=O) groups excluding carboxylic acids is 1. The first-order chi connectivity index (χ1) is 11.2. The van der Waals surface area contributed by atoms with Crippen LogP contribution in [0.5, 0.6) is 5.88 Å². The molecule has 0 fully saturated rings. The molecule has 5 nitrogen and oxygen atoms in total. The average Bonchev–Trinajstić information content (AvgIpc) is 2.58. The number of benzene rings is 1. The average molecular weight is 314 g/mol. The summed E-state index contributed by atoms with van der Waals surface area (Å²) in [5.41, 5.74) is 1.64. The summed E-state index contributed by atoms with van der Waals surface area (Å²) in [5, 5.41) is 12.4. The van der Waals surface area contributed by atoms with Gasteiger partial charge in [-0.05, 0) is 31.1 Å². The largest absolute Gasteiger partial charge is 0.477 e. The van der Waals surface area contributed by atoms with Crippen molar-refractivity contribution in [2.24, 2.45) is 0 Å². The summed E-state index contributed by atoms with van der Waals surface area (Å²) in [4.78, 5) is 16.3. The minimum absolute atomic E-state index is 0.0631. The van der Waals surface area contributed by atoms with Gasteiger partial charge in [0.05, 0.1) is 12.1 Å². The van der Waals surface area contributed by atoms with Gasteiger partial charge in [0.1, 0.15) is 0 Å². The molecule has 2 aromatic rings. The van der Waals surface area contributed by atoms with Gasteiger partial charge in [0.2, 0.25) is 11.8 Å². The lowest BCUT2D eigenvalue weighted by molar-refractivity contribution is -0.116. The third-order valence-corrected chi connectivity index (χ3v) is 3.21. The van der Waals surface area contributed by atoms with Crippen molar-refractivity contribution in [3.05, 3.63) is 42.0 Å². The predicted octanol–water partition coefficient (Wildman–Crippen LogP) is 2.54. The van der Waals surface area contributed by atoms with Gasteiger partial charge in [0.25, 0.3) is 0 Å². The van der Waals surface area contributed by atoms with Gasteiger partial charge in [-0.1, -0.05) is 25.1 Å². The van der Waals surface area contributed by atoms with Crippen LogP contribution in [0.4, 0.5) is 0 Å². The van der Waals surface area contributed by atoms with Crippen LogP contribution in [-0.4, -0.2) is 35.8 Å². The molecule has 1 heterocycles. The molecule has 2 N–H and O–H groups in total. The number of aliphatic hydroxyl groups excluding tert-OH is 1. The minimum Gasteiger partial charge on any atom is -0.477 e. The maximum Gasteiger partial charge on any atom is 0.244 e. The zero-order valence-corrected chi connectivity index (χ0v) is 13.3. The van der Waals surface area contributed by atoms with E-state index in [1.165, 1.54) is 6.08 Å². The van der Waals surface area contributed by atoms with E-state index in [2.05, 4.69) is 10.3 Å². The third-order valence-electron chi connectivity index (χ3n) is 3.21. The molecule has 1 aromatic heterocycles. The van der Waals surface area contributed by atoms with Crippen LogP contribution in [0.3, 0.4) is 0 Å². The van der Waals surface area contributed by atoms with E-state index in [0.717, 1.165) is 22.9 Å². The Kier molecular flexibility index (Phi) is 6.56. The summed E-state index contributed by atoms with van der Waals surface area (Å²) in [6.07, 6.45) is 4.60. The third kappa shape index (κ3) is 5.07. The van der Waals surface area contributed by atoms with Gasteiger partial charge in [-0.2, -0.15) is 0 Å². The topological polar surface area (TPSA) is 71.5 Å². The van der Waals surface area contributed by atoms with Gasteiger partial charge in [-0.25, -0.2) is 4.98 Å². The fourth-order valence-electron chi connectivity index (χ4n) is 2.06. The Hall–Kier alpha value is -2.40. The summed E-state index contributed by atoms with van der Waals surface area (Å²) in [6.45, 7) is 3.13. The number of hydrogen-bond acceptors (Lipinski definition) is 4. The number of para-hydroxylation sites is 1. The van der Waals surface area contributed by atoms with Crippen LogP contribution in [0, 0.1) is 0 Å². The molecule has 122 valence electrons. The van der Waals surface area contributed by atoms with Crippen molar-refractivity contribution in [3.63, 3.8) is 0 Å². The quantitative estimate of drug-likeness (QED) is 0.580. The van der Waals surface area contributed by atoms with Crippen molar-refractivity contribution < 1.29 is 14.6 Å². The summed E-state index contributed by atoms with van der Waals surface area (Å²) in [6, 6.07) is 9.76. The SMILES string of the molecule is CCCOc1nc2ccccc2cc1/C=C/C(=O)NCCCO. The highest BCUT2D eigenvalue weighted by atomic mass is 16.5. The first-order valence-electron chi connectivity index (χ1n) is 7.84. The van der Waals surface area contributed by atoms with E-state index in [0.29, 0.717) is 25.5 Å². The highest BCUT2D eigenvalue weighted by molar-refractivity contribution is 5.93. The number of hydrogen-bond donors (Lipinski definition) is 2. The van der Waals surface area contributed by atoms with Gasteiger partial charge in [0, 0.05) is 30.2 Å². The van der Waals surface area contributed by atoms with Gasteiger partial charge < -0.3 is 15.2 Å². The van der Waals surface area contributed by atoms with Crippen molar-refractivity contribution in [2.75, 3.05) is 19.8 Å². The van der Waals surface area contributed by atoms with Gasteiger partial charge in [0.15, 0.2) is 0 Å². The van der Waals surface area contributed by atoms with E-state index in [4.69, 9.17) is 9.84 Å². The molecule has 0 spiro atoms. The first kappa shape index (κ1) is 17.0.